The van der Waals surface area contributed by atoms with Crippen molar-refractivity contribution in [1.29, 1.82) is 0 Å². The third-order valence-electron chi connectivity index (χ3n) is 6.09. The van der Waals surface area contributed by atoms with Crippen LogP contribution in [0.3, 0.4) is 0 Å². The molecule has 4 fully saturated rings. The van der Waals surface area contributed by atoms with Crippen molar-refractivity contribution in [3.63, 3.8) is 0 Å². The van der Waals surface area contributed by atoms with E-state index >= 15 is 0 Å². The molecule has 1 aromatic heterocycles. The maximum atomic E-state index is 6.36. The maximum Gasteiger partial charge on any atom is 0.125 e. The minimum atomic E-state index is 0.604. The molecule has 19 heavy (non-hydrogen) atoms. The number of anilines is 1. The van der Waals surface area contributed by atoms with Crippen molar-refractivity contribution in [2.45, 2.75) is 58.4 Å². The van der Waals surface area contributed by atoms with E-state index in [-0.39, 0.29) is 0 Å². The average molecular weight is 259 g/mol. The van der Waals surface area contributed by atoms with E-state index < -0.39 is 0 Å². The zero-order chi connectivity index (χ0) is 13.1. The lowest BCUT2D eigenvalue weighted by molar-refractivity contribution is -0.0328. The molecule has 1 aromatic rings. The van der Waals surface area contributed by atoms with Crippen LogP contribution in [0.4, 0.5) is 5.82 Å². The topological polar surface area (TPSA) is 43.8 Å². The second kappa shape index (κ2) is 4.00. The Kier molecular flexibility index (Phi) is 2.49. The molecule has 4 aliphatic rings. The van der Waals surface area contributed by atoms with Gasteiger partial charge in [-0.25, -0.2) is 4.68 Å². The molecule has 0 amide bonds. The highest BCUT2D eigenvalue weighted by Gasteiger charge is 2.49. The van der Waals surface area contributed by atoms with Crippen LogP contribution >= 0.6 is 0 Å². The van der Waals surface area contributed by atoms with Gasteiger partial charge in [-0.15, -0.1) is 0 Å². The van der Waals surface area contributed by atoms with E-state index in [9.17, 15) is 0 Å². The zero-order valence-corrected chi connectivity index (χ0v) is 12.1. The normalized spacial score (nSPS) is 40.0. The van der Waals surface area contributed by atoms with Crippen LogP contribution in [0.1, 0.15) is 56.3 Å². The van der Waals surface area contributed by atoms with Gasteiger partial charge in [0.25, 0.3) is 0 Å². The van der Waals surface area contributed by atoms with Crippen molar-refractivity contribution in [3.05, 3.63) is 11.3 Å². The molecule has 5 rings (SSSR count). The SMILES string of the molecule is CCc1nn(C2C3CC4CC(C3)CC2C4)c(N)c1C. The van der Waals surface area contributed by atoms with Crippen molar-refractivity contribution >= 4 is 5.82 Å². The van der Waals surface area contributed by atoms with Crippen molar-refractivity contribution < 1.29 is 0 Å². The summed E-state index contributed by atoms with van der Waals surface area (Å²) in [4.78, 5) is 0. The largest absolute Gasteiger partial charge is 0.384 e. The molecule has 4 aliphatic carbocycles. The van der Waals surface area contributed by atoms with E-state index in [1.807, 2.05) is 0 Å². The number of nitrogen functional groups attached to an aromatic ring is 1. The molecule has 0 atom stereocenters. The van der Waals surface area contributed by atoms with Crippen LogP contribution in [0, 0.1) is 30.6 Å². The van der Waals surface area contributed by atoms with Gasteiger partial charge in [0.05, 0.1) is 11.7 Å². The lowest BCUT2D eigenvalue weighted by Crippen LogP contribution is -2.46. The lowest BCUT2D eigenvalue weighted by Gasteiger charge is -2.54. The van der Waals surface area contributed by atoms with Gasteiger partial charge in [-0.2, -0.15) is 5.10 Å². The van der Waals surface area contributed by atoms with Crippen molar-refractivity contribution in [1.82, 2.24) is 9.78 Å². The molecule has 0 saturated heterocycles. The first-order valence-electron chi connectivity index (χ1n) is 8.00. The summed E-state index contributed by atoms with van der Waals surface area (Å²) in [6, 6.07) is 0.604. The summed E-state index contributed by atoms with van der Waals surface area (Å²) < 4.78 is 2.22. The van der Waals surface area contributed by atoms with Gasteiger partial charge < -0.3 is 5.73 Å². The summed E-state index contributed by atoms with van der Waals surface area (Å²) in [6.07, 6.45) is 8.22. The first-order valence-corrected chi connectivity index (χ1v) is 8.00. The number of hydrogen-bond donors (Lipinski definition) is 1. The van der Waals surface area contributed by atoms with Gasteiger partial charge in [0.2, 0.25) is 0 Å². The summed E-state index contributed by atoms with van der Waals surface area (Å²) in [5.41, 5.74) is 8.78. The summed E-state index contributed by atoms with van der Waals surface area (Å²) in [5, 5.41) is 4.87. The van der Waals surface area contributed by atoms with E-state index in [1.54, 1.807) is 0 Å². The van der Waals surface area contributed by atoms with Crippen LogP contribution in [0.15, 0.2) is 0 Å². The van der Waals surface area contributed by atoms with Gasteiger partial charge >= 0.3 is 0 Å². The van der Waals surface area contributed by atoms with Crippen LogP contribution < -0.4 is 5.73 Å². The van der Waals surface area contributed by atoms with Gasteiger partial charge in [0.1, 0.15) is 5.82 Å². The van der Waals surface area contributed by atoms with Gasteiger partial charge in [-0.05, 0) is 69.1 Å². The quantitative estimate of drug-likeness (QED) is 0.885. The van der Waals surface area contributed by atoms with Crippen LogP contribution in [0.2, 0.25) is 0 Å². The highest BCUT2D eigenvalue weighted by atomic mass is 15.3. The third kappa shape index (κ3) is 1.60. The Morgan fingerprint density at radius 1 is 1.11 bits per heavy atom. The fraction of sp³-hybridized carbons (Fsp3) is 0.812. The van der Waals surface area contributed by atoms with Gasteiger partial charge in [0, 0.05) is 5.56 Å². The molecule has 3 heteroatoms. The molecular weight excluding hydrogens is 234 g/mol. The zero-order valence-electron chi connectivity index (χ0n) is 12.1. The van der Waals surface area contributed by atoms with Crippen molar-refractivity contribution in [3.8, 4) is 0 Å². The number of aromatic nitrogens is 2. The van der Waals surface area contributed by atoms with E-state index in [0.717, 1.165) is 35.9 Å². The molecule has 0 aromatic carbocycles. The Balaban J connectivity index is 1.73. The van der Waals surface area contributed by atoms with Gasteiger partial charge in [0.15, 0.2) is 0 Å². The molecule has 0 aliphatic heterocycles. The van der Waals surface area contributed by atoms with Crippen LogP contribution in [0.25, 0.3) is 0 Å². The first-order chi connectivity index (χ1) is 9.17. The Morgan fingerprint density at radius 2 is 1.68 bits per heavy atom. The smallest absolute Gasteiger partial charge is 0.125 e. The van der Waals surface area contributed by atoms with Gasteiger partial charge in [-0.3, -0.25) is 0 Å². The van der Waals surface area contributed by atoms with Crippen molar-refractivity contribution in [2.24, 2.45) is 23.7 Å². The molecule has 4 saturated carbocycles. The fourth-order valence-electron chi connectivity index (χ4n) is 5.44. The van der Waals surface area contributed by atoms with Gasteiger partial charge in [-0.1, -0.05) is 6.92 Å². The van der Waals surface area contributed by atoms with E-state index in [2.05, 4.69) is 18.5 Å². The lowest BCUT2D eigenvalue weighted by atomic mass is 9.54. The minimum Gasteiger partial charge on any atom is -0.384 e. The monoisotopic (exact) mass is 259 g/mol. The molecule has 3 nitrogen and oxygen atoms in total. The van der Waals surface area contributed by atoms with Crippen LogP contribution in [0.5, 0.6) is 0 Å². The minimum absolute atomic E-state index is 0.604. The highest BCUT2D eigenvalue weighted by Crippen LogP contribution is 2.58. The standard InChI is InChI=1S/C16H25N3/c1-3-14-9(2)16(17)19(18-14)15-12-5-10-4-11(7-12)8-13(15)6-10/h10-13,15H,3-8,17H2,1-2H3. The van der Waals surface area contributed by atoms with E-state index in [0.29, 0.717) is 6.04 Å². The Labute approximate surface area is 115 Å². The number of aryl methyl sites for hydroxylation is 1. The Morgan fingerprint density at radius 3 is 2.16 bits per heavy atom. The average Bonchev–Trinajstić information content (AvgIpc) is 2.66. The predicted octanol–water partition coefficient (Wildman–Crippen LogP) is 3.33. The second-order valence-electron chi connectivity index (χ2n) is 7.18. The number of nitrogens with two attached hydrogens (primary N) is 1. The predicted molar refractivity (Wildman–Crippen MR) is 76.8 cm³/mol. The number of rotatable bonds is 2. The molecule has 0 unspecified atom stereocenters. The molecule has 4 bridgehead atoms. The third-order valence-corrected chi connectivity index (χ3v) is 6.09. The van der Waals surface area contributed by atoms with E-state index in [4.69, 9.17) is 10.8 Å². The number of hydrogen-bond acceptors (Lipinski definition) is 2. The number of nitrogens with zero attached hydrogens (tertiary/aromatic N) is 2. The molecule has 104 valence electrons. The Bertz CT molecular complexity index is 474. The molecule has 0 spiro atoms. The first kappa shape index (κ1) is 11.8. The van der Waals surface area contributed by atoms with Crippen molar-refractivity contribution in [2.75, 3.05) is 5.73 Å². The molecule has 0 radical (unpaired) electrons. The highest BCUT2D eigenvalue weighted by molar-refractivity contribution is 5.43. The van der Waals surface area contributed by atoms with Crippen LogP contribution in [-0.2, 0) is 6.42 Å². The second-order valence-corrected chi connectivity index (χ2v) is 7.18. The Hall–Kier alpha value is -0.990. The molecule has 2 N–H and O–H groups in total. The van der Waals surface area contributed by atoms with Crippen LogP contribution in [-0.4, -0.2) is 9.78 Å². The summed E-state index contributed by atoms with van der Waals surface area (Å²) in [7, 11) is 0. The molecule has 1 heterocycles. The summed E-state index contributed by atoms with van der Waals surface area (Å²) >= 11 is 0. The fourth-order valence-corrected chi connectivity index (χ4v) is 5.44. The summed E-state index contributed by atoms with van der Waals surface area (Å²) in [5.74, 6) is 4.67. The van der Waals surface area contributed by atoms with E-state index in [1.165, 1.54) is 43.4 Å². The maximum absolute atomic E-state index is 6.36. The molecular formula is C16H25N3. The summed E-state index contributed by atoms with van der Waals surface area (Å²) in [6.45, 7) is 4.31.